The van der Waals surface area contributed by atoms with Crippen LogP contribution in [0.3, 0.4) is 0 Å². The quantitative estimate of drug-likeness (QED) is 0.758. The summed E-state index contributed by atoms with van der Waals surface area (Å²) in [5, 5.41) is 11.8. The number of nitriles is 1. The standard InChI is InChI=1S/C11H12N2/c1-3-13-9(2)11-6-4-5-10(7-11)8-12/h4-7,13H,2-3H2,1H3. The maximum Gasteiger partial charge on any atom is 0.0991 e. The highest BCUT2D eigenvalue weighted by Crippen LogP contribution is 2.10. The second kappa shape index (κ2) is 4.32. The van der Waals surface area contributed by atoms with Crippen molar-refractivity contribution in [2.45, 2.75) is 6.92 Å². The molecular weight excluding hydrogens is 160 g/mol. The van der Waals surface area contributed by atoms with Gasteiger partial charge >= 0.3 is 0 Å². The third-order valence-corrected chi connectivity index (χ3v) is 1.73. The highest BCUT2D eigenvalue weighted by atomic mass is 14.9. The van der Waals surface area contributed by atoms with E-state index in [0.717, 1.165) is 17.8 Å². The summed E-state index contributed by atoms with van der Waals surface area (Å²) in [6, 6.07) is 9.49. The molecule has 1 rings (SSSR count). The summed E-state index contributed by atoms with van der Waals surface area (Å²) in [4.78, 5) is 0. The Balaban J connectivity index is 2.90. The summed E-state index contributed by atoms with van der Waals surface area (Å²) in [7, 11) is 0. The lowest BCUT2D eigenvalue weighted by Crippen LogP contribution is -2.09. The summed E-state index contributed by atoms with van der Waals surface area (Å²) in [5.41, 5.74) is 2.50. The van der Waals surface area contributed by atoms with E-state index < -0.39 is 0 Å². The van der Waals surface area contributed by atoms with Crippen molar-refractivity contribution in [2.75, 3.05) is 6.54 Å². The Bertz CT molecular complexity index is 347. The van der Waals surface area contributed by atoms with Gasteiger partial charge in [-0.25, -0.2) is 0 Å². The third-order valence-electron chi connectivity index (χ3n) is 1.73. The normalized spacial score (nSPS) is 8.92. The van der Waals surface area contributed by atoms with Crippen molar-refractivity contribution in [2.24, 2.45) is 0 Å². The minimum Gasteiger partial charge on any atom is -0.385 e. The molecule has 2 nitrogen and oxygen atoms in total. The fourth-order valence-corrected chi connectivity index (χ4v) is 1.09. The molecule has 0 saturated carbocycles. The van der Waals surface area contributed by atoms with Crippen LogP contribution in [-0.2, 0) is 0 Å². The van der Waals surface area contributed by atoms with E-state index in [4.69, 9.17) is 5.26 Å². The molecule has 0 atom stereocenters. The third kappa shape index (κ3) is 2.34. The topological polar surface area (TPSA) is 35.8 Å². The first-order valence-electron chi connectivity index (χ1n) is 4.21. The molecule has 66 valence electrons. The molecule has 0 bridgehead atoms. The first-order chi connectivity index (χ1) is 6.27. The lowest BCUT2D eigenvalue weighted by atomic mass is 10.1. The Morgan fingerprint density at radius 3 is 3.00 bits per heavy atom. The molecule has 0 aliphatic heterocycles. The molecular formula is C11H12N2. The Morgan fingerprint density at radius 2 is 2.38 bits per heavy atom. The Labute approximate surface area is 78.5 Å². The van der Waals surface area contributed by atoms with Gasteiger partial charge in [0.15, 0.2) is 0 Å². The van der Waals surface area contributed by atoms with E-state index in [9.17, 15) is 0 Å². The van der Waals surface area contributed by atoms with Crippen LogP contribution < -0.4 is 5.32 Å². The zero-order chi connectivity index (χ0) is 9.68. The van der Waals surface area contributed by atoms with Crippen molar-refractivity contribution >= 4 is 5.70 Å². The minimum atomic E-state index is 0.663. The summed E-state index contributed by atoms with van der Waals surface area (Å²) in [6.07, 6.45) is 0. The number of nitrogens with zero attached hydrogens (tertiary/aromatic N) is 1. The van der Waals surface area contributed by atoms with E-state index in [1.165, 1.54) is 0 Å². The van der Waals surface area contributed by atoms with Gasteiger partial charge in [-0.05, 0) is 24.6 Å². The van der Waals surface area contributed by atoms with Crippen molar-refractivity contribution < 1.29 is 0 Å². The van der Waals surface area contributed by atoms with Gasteiger partial charge in [-0.1, -0.05) is 18.7 Å². The predicted molar refractivity (Wildman–Crippen MR) is 53.9 cm³/mol. The lowest BCUT2D eigenvalue weighted by Gasteiger charge is -2.06. The van der Waals surface area contributed by atoms with E-state index in [-0.39, 0.29) is 0 Å². The second-order valence-corrected chi connectivity index (χ2v) is 2.70. The van der Waals surface area contributed by atoms with Gasteiger partial charge in [-0.2, -0.15) is 5.26 Å². The van der Waals surface area contributed by atoms with Gasteiger partial charge in [0.1, 0.15) is 0 Å². The number of hydrogen-bond donors (Lipinski definition) is 1. The van der Waals surface area contributed by atoms with Gasteiger partial charge in [-0.3, -0.25) is 0 Å². The molecule has 1 aromatic carbocycles. The summed E-state index contributed by atoms with van der Waals surface area (Å²) in [6.45, 7) is 6.73. The Morgan fingerprint density at radius 1 is 1.62 bits per heavy atom. The number of rotatable bonds is 3. The van der Waals surface area contributed by atoms with E-state index in [2.05, 4.69) is 18.0 Å². The Kier molecular flexibility index (Phi) is 3.10. The number of hydrogen-bond acceptors (Lipinski definition) is 2. The molecule has 0 fully saturated rings. The SMILES string of the molecule is C=C(NCC)c1cccc(C#N)c1. The van der Waals surface area contributed by atoms with Crippen molar-refractivity contribution in [1.29, 1.82) is 5.26 Å². The molecule has 0 radical (unpaired) electrons. The van der Waals surface area contributed by atoms with Crippen LogP contribution in [0.2, 0.25) is 0 Å². The first-order valence-corrected chi connectivity index (χ1v) is 4.21. The molecule has 2 heteroatoms. The Hall–Kier alpha value is -1.75. The molecule has 0 saturated heterocycles. The highest BCUT2D eigenvalue weighted by Gasteiger charge is 1.97. The molecule has 0 amide bonds. The van der Waals surface area contributed by atoms with Crippen LogP contribution in [0.5, 0.6) is 0 Å². The average molecular weight is 172 g/mol. The molecule has 1 aromatic rings. The first kappa shape index (κ1) is 9.34. The van der Waals surface area contributed by atoms with E-state index in [1.54, 1.807) is 6.07 Å². The minimum absolute atomic E-state index is 0.663. The van der Waals surface area contributed by atoms with Crippen LogP contribution in [0.1, 0.15) is 18.1 Å². The maximum absolute atomic E-state index is 8.67. The zero-order valence-corrected chi connectivity index (χ0v) is 7.67. The van der Waals surface area contributed by atoms with E-state index in [0.29, 0.717) is 5.56 Å². The largest absolute Gasteiger partial charge is 0.385 e. The molecule has 0 unspecified atom stereocenters. The maximum atomic E-state index is 8.67. The highest BCUT2D eigenvalue weighted by molar-refractivity contribution is 5.62. The zero-order valence-electron chi connectivity index (χ0n) is 7.67. The monoisotopic (exact) mass is 172 g/mol. The number of nitrogens with one attached hydrogen (secondary N) is 1. The average Bonchev–Trinajstić information content (AvgIpc) is 2.18. The smallest absolute Gasteiger partial charge is 0.0991 e. The van der Waals surface area contributed by atoms with Crippen molar-refractivity contribution in [3.05, 3.63) is 42.0 Å². The van der Waals surface area contributed by atoms with Crippen LogP contribution in [0.4, 0.5) is 0 Å². The molecule has 0 aliphatic rings. The van der Waals surface area contributed by atoms with Gasteiger partial charge in [0.05, 0.1) is 11.6 Å². The lowest BCUT2D eigenvalue weighted by molar-refractivity contribution is 0.942. The molecule has 1 N–H and O–H groups in total. The second-order valence-electron chi connectivity index (χ2n) is 2.70. The molecule has 0 aromatic heterocycles. The molecule has 13 heavy (non-hydrogen) atoms. The van der Waals surface area contributed by atoms with Gasteiger partial charge in [0.25, 0.3) is 0 Å². The van der Waals surface area contributed by atoms with Crippen LogP contribution in [0.15, 0.2) is 30.8 Å². The fraction of sp³-hybridized carbons (Fsp3) is 0.182. The van der Waals surface area contributed by atoms with Gasteiger partial charge in [0, 0.05) is 12.2 Å². The van der Waals surface area contributed by atoms with Crippen LogP contribution in [0.25, 0.3) is 5.70 Å². The van der Waals surface area contributed by atoms with E-state index in [1.807, 2.05) is 25.1 Å². The van der Waals surface area contributed by atoms with Gasteiger partial charge in [0.2, 0.25) is 0 Å². The molecule has 0 aliphatic carbocycles. The van der Waals surface area contributed by atoms with E-state index >= 15 is 0 Å². The van der Waals surface area contributed by atoms with Crippen molar-refractivity contribution in [1.82, 2.24) is 5.32 Å². The predicted octanol–water partition coefficient (Wildman–Crippen LogP) is 2.14. The van der Waals surface area contributed by atoms with Gasteiger partial charge < -0.3 is 5.32 Å². The summed E-state index contributed by atoms with van der Waals surface area (Å²) >= 11 is 0. The van der Waals surface area contributed by atoms with Crippen LogP contribution in [-0.4, -0.2) is 6.54 Å². The van der Waals surface area contributed by atoms with Crippen molar-refractivity contribution in [3.63, 3.8) is 0 Å². The summed E-state index contributed by atoms with van der Waals surface area (Å²) in [5.74, 6) is 0. The van der Waals surface area contributed by atoms with Crippen molar-refractivity contribution in [3.8, 4) is 6.07 Å². The van der Waals surface area contributed by atoms with Gasteiger partial charge in [-0.15, -0.1) is 0 Å². The molecule has 0 spiro atoms. The number of benzene rings is 1. The summed E-state index contributed by atoms with van der Waals surface area (Å²) < 4.78 is 0. The fourth-order valence-electron chi connectivity index (χ4n) is 1.09. The molecule has 0 heterocycles. The van der Waals surface area contributed by atoms with Crippen LogP contribution in [0, 0.1) is 11.3 Å². The van der Waals surface area contributed by atoms with Crippen LogP contribution >= 0.6 is 0 Å².